The first-order chi connectivity index (χ1) is 12.0. The van der Waals surface area contributed by atoms with Crippen molar-refractivity contribution in [2.24, 2.45) is 0 Å². The zero-order chi connectivity index (χ0) is 17.9. The van der Waals surface area contributed by atoms with Gasteiger partial charge in [0.2, 0.25) is 10.0 Å². The Balaban J connectivity index is 2.01. The second-order valence-electron chi connectivity index (χ2n) is 5.73. The Morgan fingerprint density at radius 1 is 1.04 bits per heavy atom. The van der Waals surface area contributed by atoms with Crippen molar-refractivity contribution in [1.82, 2.24) is 4.31 Å². The lowest BCUT2D eigenvalue weighted by atomic mass is 9.99. The highest BCUT2D eigenvalue weighted by Crippen LogP contribution is 2.29. The average Bonchev–Trinajstić information content (AvgIpc) is 2.68. The number of nitrogens with zero attached hydrogens (tertiary/aromatic N) is 1. The van der Waals surface area contributed by atoms with Crippen molar-refractivity contribution in [3.05, 3.63) is 72.3 Å². The van der Waals surface area contributed by atoms with Crippen LogP contribution in [-0.2, 0) is 19.6 Å². The molecule has 0 bridgehead atoms. The molecule has 0 aliphatic carbocycles. The Morgan fingerprint density at radius 3 is 2.24 bits per heavy atom. The number of ether oxygens (including phenoxy) is 1. The molecular weight excluding hydrogens is 338 g/mol. The maximum absolute atomic E-state index is 13.1. The van der Waals surface area contributed by atoms with Crippen molar-refractivity contribution >= 4 is 21.6 Å². The van der Waals surface area contributed by atoms with Crippen molar-refractivity contribution in [3.8, 4) is 0 Å². The minimum absolute atomic E-state index is 0.126. The number of rotatable bonds is 4. The molecule has 1 unspecified atom stereocenters. The van der Waals surface area contributed by atoms with Gasteiger partial charge in [0, 0.05) is 6.54 Å². The number of hydrogen-bond donors (Lipinski definition) is 0. The van der Waals surface area contributed by atoms with Gasteiger partial charge in [-0.15, -0.1) is 0 Å². The van der Waals surface area contributed by atoms with Gasteiger partial charge in [-0.1, -0.05) is 54.6 Å². The van der Waals surface area contributed by atoms with Crippen LogP contribution < -0.4 is 0 Å². The van der Waals surface area contributed by atoms with Crippen LogP contribution in [0.2, 0.25) is 0 Å². The smallest absolute Gasteiger partial charge is 0.324 e. The van der Waals surface area contributed by atoms with Crippen LogP contribution in [0.3, 0.4) is 0 Å². The highest BCUT2D eigenvalue weighted by Gasteiger charge is 2.38. The van der Waals surface area contributed by atoms with Crippen molar-refractivity contribution in [2.75, 3.05) is 13.7 Å². The van der Waals surface area contributed by atoms with E-state index in [1.807, 2.05) is 36.4 Å². The van der Waals surface area contributed by atoms with Crippen molar-refractivity contribution in [3.63, 3.8) is 0 Å². The fraction of sp³-hybridized carbons (Fsp3) is 0.211. The molecule has 3 rings (SSSR count). The molecule has 1 heterocycles. The van der Waals surface area contributed by atoms with Gasteiger partial charge in [-0.2, -0.15) is 4.31 Å². The lowest BCUT2D eigenvalue weighted by Crippen LogP contribution is -2.47. The van der Waals surface area contributed by atoms with Gasteiger partial charge in [0.1, 0.15) is 6.04 Å². The molecule has 0 fully saturated rings. The first-order valence-electron chi connectivity index (χ1n) is 7.93. The van der Waals surface area contributed by atoms with E-state index >= 15 is 0 Å². The lowest BCUT2D eigenvalue weighted by Gasteiger charge is -2.33. The molecule has 2 aromatic carbocycles. The predicted molar refractivity (Wildman–Crippen MR) is 95.2 cm³/mol. The zero-order valence-corrected chi connectivity index (χ0v) is 14.6. The molecule has 0 saturated heterocycles. The third kappa shape index (κ3) is 3.50. The second kappa shape index (κ2) is 7.21. The summed E-state index contributed by atoms with van der Waals surface area (Å²) in [7, 11) is -2.55. The minimum atomic E-state index is -3.82. The van der Waals surface area contributed by atoms with E-state index in [9.17, 15) is 13.2 Å². The van der Waals surface area contributed by atoms with Crippen LogP contribution in [0, 0.1) is 0 Å². The highest BCUT2D eigenvalue weighted by molar-refractivity contribution is 7.89. The molecular formula is C19H19NO4S. The van der Waals surface area contributed by atoms with Gasteiger partial charge in [0.25, 0.3) is 0 Å². The molecule has 0 spiro atoms. The number of carbonyl (C=O) groups excluding carboxylic acids is 1. The second-order valence-corrected chi connectivity index (χ2v) is 7.62. The third-order valence-corrected chi connectivity index (χ3v) is 6.10. The Kier molecular flexibility index (Phi) is 5.01. The summed E-state index contributed by atoms with van der Waals surface area (Å²) < 4.78 is 32.2. The van der Waals surface area contributed by atoms with Gasteiger partial charge < -0.3 is 4.74 Å². The number of benzene rings is 2. The van der Waals surface area contributed by atoms with Crippen LogP contribution >= 0.6 is 0 Å². The summed E-state index contributed by atoms with van der Waals surface area (Å²) in [5.74, 6) is -0.553. The van der Waals surface area contributed by atoms with Gasteiger partial charge in [0.15, 0.2) is 0 Å². The molecule has 1 aliphatic heterocycles. The van der Waals surface area contributed by atoms with Crippen LogP contribution in [0.4, 0.5) is 0 Å². The summed E-state index contributed by atoms with van der Waals surface area (Å²) in [4.78, 5) is 12.3. The number of hydrogen-bond acceptors (Lipinski definition) is 4. The molecule has 6 heteroatoms. The first-order valence-corrected chi connectivity index (χ1v) is 9.37. The molecule has 0 aromatic heterocycles. The van der Waals surface area contributed by atoms with Crippen LogP contribution in [0.25, 0.3) is 5.57 Å². The molecule has 0 N–H and O–H groups in total. The fourth-order valence-corrected chi connectivity index (χ4v) is 4.49. The number of sulfonamides is 1. The summed E-state index contributed by atoms with van der Waals surface area (Å²) in [6, 6.07) is 16.9. The van der Waals surface area contributed by atoms with E-state index in [2.05, 4.69) is 0 Å². The number of methoxy groups -OCH3 is 1. The quantitative estimate of drug-likeness (QED) is 0.789. The number of carbonyl (C=O) groups is 1. The topological polar surface area (TPSA) is 63.7 Å². The van der Waals surface area contributed by atoms with E-state index in [4.69, 9.17) is 4.74 Å². The van der Waals surface area contributed by atoms with E-state index in [0.29, 0.717) is 0 Å². The van der Waals surface area contributed by atoms with Gasteiger partial charge in [0.05, 0.1) is 12.0 Å². The molecule has 1 aliphatic rings. The van der Waals surface area contributed by atoms with Gasteiger partial charge >= 0.3 is 5.97 Å². The van der Waals surface area contributed by atoms with E-state index in [1.54, 1.807) is 18.2 Å². The average molecular weight is 357 g/mol. The highest BCUT2D eigenvalue weighted by atomic mass is 32.2. The Bertz CT molecular complexity index is 876. The van der Waals surface area contributed by atoms with Crippen LogP contribution in [0.15, 0.2) is 71.6 Å². The summed E-state index contributed by atoms with van der Waals surface area (Å²) >= 11 is 0. The summed E-state index contributed by atoms with van der Waals surface area (Å²) in [5, 5.41) is 0. The lowest BCUT2D eigenvalue weighted by molar-refractivity contribution is -0.145. The van der Waals surface area contributed by atoms with Gasteiger partial charge in [-0.25, -0.2) is 8.42 Å². The SMILES string of the molecule is COC(=O)C1CC=C(c2ccccc2)CN1S(=O)(=O)c1ccccc1. The Labute approximate surface area is 147 Å². The Morgan fingerprint density at radius 2 is 1.64 bits per heavy atom. The maximum atomic E-state index is 13.1. The first kappa shape index (κ1) is 17.4. The molecule has 130 valence electrons. The maximum Gasteiger partial charge on any atom is 0.324 e. The molecule has 25 heavy (non-hydrogen) atoms. The summed E-state index contributed by atoms with van der Waals surface area (Å²) in [5.41, 5.74) is 1.82. The standard InChI is InChI=1S/C19H19NO4S/c1-24-19(21)18-13-12-16(15-8-4-2-5-9-15)14-20(18)25(22,23)17-10-6-3-7-11-17/h2-12,18H,13-14H2,1H3. The third-order valence-electron chi connectivity index (χ3n) is 4.23. The summed E-state index contributed by atoms with van der Waals surface area (Å²) in [6.45, 7) is 0.126. The fourth-order valence-electron chi connectivity index (χ4n) is 2.91. The van der Waals surface area contributed by atoms with E-state index in [0.717, 1.165) is 11.1 Å². The number of esters is 1. The van der Waals surface area contributed by atoms with Crippen LogP contribution in [0.1, 0.15) is 12.0 Å². The van der Waals surface area contributed by atoms with Crippen LogP contribution in [-0.4, -0.2) is 38.4 Å². The Hall–Kier alpha value is -2.44. The van der Waals surface area contributed by atoms with E-state index < -0.39 is 22.0 Å². The molecule has 0 amide bonds. The molecule has 5 nitrogen and oxygen atoms in total. The van der Waals surface area contributed by atoms with Gasteiger partial charge in [-0.05, 0) is 29.7 Å². The largest absolute Gasteiger partial charge is 0.468 e. The molecule has 0 radical (unpaired) electrons. The molecule has 1 atom stereocenters. The van der Waals surface area contributed by atoms with Crippen LogP contribution in [0.5, 0.6) is 0 Å². The normalized spacial score (nSPS) is 18.4. The zero-order valence-electron chi connectivity index (χ0n) is 13.8. The van der Waals surface area contributed by atoms with Crippen molar-refractivity contribution in [2.45, 2.75) is 17.4 Å². The van der Waals surface area contributed by atoms with Crippen molar-refractivity contribution in [1.29, 1.82) is 0 Å². The monoisotopic (exact) mass is 357 g/mol. The van der Waals surface area contributed by atoms with E-state index in [-0.39, 0.29) is 17.9 Å². The van der Waals surface area contributed by atoms with E-state index in [1.165, 1.54) is 23.5 Å². The molecule has 0 saturated carbocycles. The molecule has 2 aromatic rings. The van der Waals surface area contributed by atoms with Gasteiger partial charge in [-0.3, -0.25) is 4.79 Å². The predicted octanol–water partition coefficient (Wildman–Crippen LogP) is 2.71. The van der Waals surface area contributed by atoms with Crippen molar-refractivity contribution < 1.29 is 17.9 Å². The summed E-state index contributed by atoms with van der Waals surface area (Å²) in [6.07, 6.45) is 2.19. The minimum Gasteiger partial charge on any atom is -0.468 e.